The summed E-state index contributed by atoms with van der Waals surface area (Å²) in [6, 6.07) is 0. The Balaban J connectivity index is 0.000000364. The van der Waals surface area contributed by atoms with E-state index in [0.717, 1.165) is 31.2 Å². The minimum Gasteiger partial charge on any atom is -0.371 e. The molecule has 0 aliphatic carbocycles. The van der Waals surface area contributed by atoms with Gasteiger partial charge in [-0.1, -0.05) is 32.9 Å². The van der Waals surface area contributed by atoms with Crippen LogP contribution in [0.5, 0.6) is 0 Å². The van der Waals surface area contributed by atoms with Crippen molar-refractivity contribution in [1.29, 1.82) is 0 Å². The predicted molar refractivity (Wildman–Crippen MR) is 62.6 cm³/mol. The Labute approximate surface area is 88.9 Å². The SMILES string of the molecule is C=C(C)[C@H]1CN(C)CCO1.CC(C)C. The third-order valence-electron chi connectivity index (χ3n) is 1.82. The number of rotatable bonds is 1. The summed E-state index contributed by atoms with van der Waals surface area (Å²) in [5.74, 6) is 0.833. The number of hydrogen-bond donors (Lipinski definition) is 0. The molecule has 0 aromatic rings. The fraction of sp³-hybridized carbons (Fsp3) is 0.833. The van der Waals surface area contributed by atoms with Crippen LogP contribution in [0.3, 0.4) is 0 Å². The van der Waals surface area contributed by atoms with Crippen LogP contribution >= 0.6 is 0 Å². The highest BCUT2D eigenvalue weighted by Crippen LogP contribution is 2.09. The van der Waals surface area contributed by atoms with Crippen molar-refractivity contribution in [3.63, 3.8) is 0 Å². The van der Waals surface area contributed by atoms with Gasteiger partial charge in [-0.15, -0.1) is 0 Å². The summed E-state index contributed by atoms with van der Waals surface area (Å²) in [5.41, 5.74) is 1.13. The molecule has 0 saturated carbocycles. The summed E-state index contributed by atoms with van der Waals surface area (Å²) in [6.07, 6.45) is 0.263. The summed E-state index contributed by atoms with van der Waals surface area (Å²) < 4.78 is 5.47. The summed E-state index contributed by atoms with van der Waals surface area (Å²) in [4.78, 5) is 2.27. The molecule has 2 nitrogen and oxygen atoms in total. The molecule has 1 aliphatic rings. The number of morpholine rings is 1. The van der Waals surface area contributed by atoms with E-state index < -0.39 is 0 Å². The Hall–Kier alpha value is -0.340. The molecule has 0 radical (unpaired) electrons. The van der Waals surface area contributed by atoms with Crippen molar-refractivity contribution < 1.29 is 4.74 Å². The normalized spacial score (nSPS) is 22.9. The van der Waals surface area contributed by atoms with Gasteiger partial charge in [0, 0.05) is 13.1 Å². The highest BCUT2D eigenvalue weighted by atomic mass is 16.5. The zero-order valence-corrected chi connectivity index (χ0v) is 10.3. The third kappa shape index (κ3) is 7.10. The molecule has 1 saturated heterocycles. The van der Waals surface area contributed by atoms with E-state index in [0.29, 0.717) is 0 Å². The largest absolute Gasteiger partial charge is 0.371 e. The van der Waals surface area contributed by atoms with Gasteiger partial charge >= 0.3 is 0 Å². The summed E-state index contributed by atoms with van der Waals surface area (Å²) >= 11 is 0. The molecular formula is C12H25NO. The fourth-order valence-electron chi connectivity index (χ4n) is 1.08. The summed E-state index contributed by atoms with van der Waals surface area (Å²) in [7, 11) is 2.11. The third-order valence-corrected chi connectivity index (χ3v) is 1.82. The zero-order chi connectivity index (χ0) is 11.1. The first-order valence-corrected chi connectivity index (χ1v) is 5.39. The lowest BCUT2D eigenvalue weighted by Crippen LogP contribution is -2.40. The maximum Gasteiger partial charge on any atom is 0.0907 e. The van der Waals surface area contributed by atoms with E-state index in [-0.39, 0.29) is 6.10 Å². The number of likely N-dealkylation sites (N-methyl/N-ethyl adjacent to an activating group) is 1. The van der Waals surface area contributed by atoms with Crippen LogP contribution in [0.1, 0.15) is 27.7 Å². The Kier molecular flexibility index (Phi) is 6.85. The molecular weight excluding hydrogens is 174 g/mol. The van der Waals surface area contributed by atoms with Crippen molar-refractivity contribution in [2.75, 3.05) is 26.7 Å². The van der Waals surface area contributed by atoms with Crippen molar-refractivity contribution in [2.24, 2.45) is 5.92 Å². The van der Waals surface area contributed by atoms with Crippen molar-refractivity contribution in [3.8, 4) is 0 Å². The molecule has 0 aromatic heterocycles. The van der Waals surface area contributed by atoms with E-state index in [1.807, 2.05) is 6.92 Å². The molecule has 84 valence electrons. The van der Waals surface area contributed by atoms with E-state index in [1.54, 1.807) is 0 Å². The van der Waals surface area contributed by atoms with E-state index in [9.17, 15) is 0 Å². The quantitative estimate of drug-likeness (QED) is 0.602. The Morgan fingerprint density at radius 1 is 1.43 bits per heavy atom. The molecule has 0 unspecified atom stereocenters. The minimum absolute atomic E-state index is 0.263. The second-order valence-electron chi connectivity index (χ2n) is 4.70. The lowest BCUT2D eigenvalue weighted by molar-refractivity contribution is 0.00111. The second kappa shape index (κ2) is 7.02. The number of hydrogen-bond acceptors (Lipinski definition) is 2. The molecule has 1 atom stereocenters. The fourth-order valence-corrected chi connectivity index (χ4v) is 1.08. The van der Waals surface area contributed by atoms with Crippen LogP contribution in [-0.4, -0.2) is 37.7 Å². The van der Waals surface area contributed by atoms with Crippen LogP contribution in [0, 0.1) is 5.92 Å². The van der Waals surface area contributed by atoms with Gasteiger partial charge in [0.1, 0.15) is 0 Å². The topological polar surface area (TPSA) is 12.5 Å². The van der Waals surface area contributed by atoms with Gasteiger partial charge in [-0.25, -0.2) is 0 Å². The van der Waals surface area contributed by atoms with Crippen LogP contribution < -0.4 is 0 Å². The molecule has 1 heterocycles. The van der Waals surface area contributed by atoms with Crippen molar-refractivity contribution in [3.05, 3.63) is 12.2 Å². The highest BCUT2D eigenvalue weighted by Gasteiger charge is 2.17. The smallest absolute Gasteiger partial charge is 0.0907 e. The van der Waals surface area contributed by atoms with E-state index in [2.05, 4.69) is 39.3 Å². The van der Waals surface area contributed by atoms with Crippen LogP contribution in [0.2, 0.25) is 0 Å². The van der Waals surface area contributed by atoms with E-state index >= 15 is 0 Å². The Morgan fingerprint density at radius 3 is 2.21 bits per heavy atom. The van der Waals surface area contributed by atoms with Crippen molar-refractivity contribution >= 4 is 0 Å². The van der Waals surface area contributed by atoms with Crippen LogP contribution in [0.4, 0.5) is 0 Å². The van der Waals surface area contributed by atoms with Gasteiger partial charge in [0.2, 0.25) is 0 Å². The lowest BCUT2D eigenvalue weighted by atomic mass is 10.1. The molecule has 0 spiro atoms. The Morgan fingerprint density at radius 2 is 1.93 bits per heavy atom. The predicted octanol–water partition coefficient (Wildman–Crippen LogP) is 2.56. The van der Waals surface area contributed by atoms with Gasteiger partial charge in [0.05, 0.1) is 12.7 Å². The first-order chi connectivity index (χ1) is 6.43. The lowest BCUT2D eigenvalue weighted by Gasteiger charge is -2.30. The zero-order valence-electron chi connectivity index (χ0n) is 10.3. The summed E-state index contributed by atoms with van der Waals surface area (Å²) in [5, 5.41) is 0. The molecule has 2 heteroatoms. The van der Waals surface area contributed by atoms with Gasteiger partial charge in [-0.3, -0.25) is 0 Å². The van der Waals surface area contributed by atoms with E-state index in [4.69, 9.17) is 4.74 Å². The monoisotopic (exact) mass is 199 g/mol. The standard InChI is InChI=1S/C8H15NO.C4H10/c1-7(2)8-6-9(3)4-5-10-8;1-4(2)3/h8H,1,4-6H2,2-3H3;4H,1-3H3/t8-;/m1./s1. The molecule has 1 fully saturated rings. The van der Waals surface area contributed by atoms with E-state index in [1.165, 1.54) is 0 Å². The molecule has 0 bridgehead atoms. The Bertz CT molecular complexity index is 163. The minimum atomic E-state index is 0.263. The number of nitrogens with zero attached hydrogens (tertiary/aromatic N) is 1. The second-order valence-corrected chi connectivity index (χ2v) is 4.70. The van der Waals surface area contributed by atoms with Gasteiger partial charge in [-0.2, -0.15) is 0 Å². The average molecular weight is 199 g/mol. The maximum atomic E-state index is 5.47. The van der Waals surface area contributed by atoms with Crippen LogP contribution in [0.15, 0.2) is 12.2 Å². The van der Waals surface area contributed by atoms with Gasteiger partial charge in [0.25, 0.3) is 0 Å². The summed E-state index contributed by atoms with van der Waals surface area (Å²) in [6.45, 7) is 15.3. The molecule has 1 aliphatic heterocycles. The van der Waals surface area contributed by atoms with Crippen molar-refractivity contribution in [2.45, 2.75) is 33.8 Å². The molecule has 0 N–H and O–H groups in total. The average Bonchev–Trinajstić information content (AvgIpc) is 2.03. The molecule has 0 aromatic carbocycles. The molecule has 14 heavy (non-hydrogen) atoms. The first-order valence-electron chi connectivity index (χ1n) is 5.39. The maximum absolute atomic E-state index is 5.47. The van der Waals surface area contributed by atoms with Crippen LogP contribution in [-0.2, 0) is 4.74 Å². The van der Waals surface area contributed by atoms with Gasteiger partial charge < -0.3 is 9.64 Å². The first kappa shape index (κ1) is 13.7. The number of ether oxygens (including phenoxy) is 1. The molecule has 0 amide bonds. The molecule has 1 rings (SSSR count). The van der Waals surface area contributed by atoms with Crippen LogP contribution in [0.25, 0.3) is 0 Å². The van der Waals surface area contributed by atoms with Crippen molar-refractivity contribution in [1.82, 2.24) is 4.90 Å². The highest BCUT2D eigenvalue weighted by molar-refractivity contribution is 5.00. The van der Waals surface area contributed by atoms with Gasteiger partial charge in [0.15, 0.2) is 0 Å². The van der Waals surface area contributed by atoms with Gasteiger partial charge in [-0.05, 0) is 19.9 Å².